The molecule has 1 aliphatic rings. The van der Waals surface area contributed by atoms with E-state index >= 15 is 0 Å². The van der Waals surface area contributed by atoms with Crippen LogP contribution in [0.1, 0.15) is 28.7 Å². The molecule has 1 atom stereocenters. The van der Waals surface area contributed by atoms with Crippen LogP contribution in [-0.2, 0) is 14.3 Å². The zero-order chi connectivity index (χ0) is 20.3. The molecule has 1 aliphatic heterocycles. The fourth-order valence-corrected chi connectivity index (χ4v) is 3.80. The van der Waals surface area contributed by atoms with Gasteiger partial charge in [0.2, 0.25) is 11.8 Å². The Morgan fingerprint density at radius 2 is 2.04 bits per heavy atom. The molecular weight excluding hydrogens is 382 g/mol. The number of aromatic nitrogens is 1. The number of ether oxygens (including phenoxy) is 2. The van der Waals surface area contributed by atoms with Crippen LogP contribution in [0.15, 0.2) is 24.3 Å². The highest BCUT2D eigenvalue weighted by atomic mass is 32.1. The van der Waals surface area contributed by atoms with Gasteiger partial charge in [-0.15, -0.1) is 0 Å². The van der Waals surface area contributed by atoms with Crippen LogP contribution in [0.4, 0.5) is 10.8 Å². The Bertz CT molecular complexity index is 893. The number of methoxy groups -OCH3 is 1. The minimum Gasteiger partial charge on any atom is -0.497 e. The molecule has 3 rings (SSSR count). The van der Waals surface area contributed by atoms with Crippen molar-refractivity contribution in [3.05, 3.63) is 34.8 Å². The molecule has 1 saturated heterocycles. The van der Waals surface area contributed by atoms with Gasteiger partial charge in [-0.25, -0.2) is 9.78 Å². The maximum Gasteiger partial charge on any atom is 0.350 e. The average molecular weight is 403 g/mol. The number of rotatable bonds is 6. The average Bonchev–Trinajstić information content (AvgIpc) is 3.24. The molecule has 0 radical (unpaired) electrons. The Hall–Kier alpha value is -2.94. The van der Waals surface area contributed by atoms with Gasteiger partial charge >= 0.3 is 5.97 Å². The smallest absolute Gasteiger partial charge is 0.350 e. The van der Waals surface area contributed by atoms with E-state index in [4.69, 9.17) is 9.47 Å². The minimum absolute atomic E-state index is 0.118. The number of nitrogens with zero attached hydrogens (tertiary/aromatic N) is 2. The quantitative estimate of drug-likeness (QED) is 0.745. The van der Waals surface area contributed by atoms with Crippen LogP contribution in [0.2, 0.25) is 0 Å². The zero-order valence-electron chi connectivity index (χ0n) is 15.9. The molecule has 0 aliphatic carbocycles. The minimum atomic E-state index is -0.496. The maximum atomic E-state index is 12.6. The SMILES string of the molecule is CCOC(=O)c1sc(NC(=O)[C@H]2CC(=O)N(c3ccc(OC)cc3)C2)nc1C. The Morgan fingerprint density at radius 3 is 2.68 bits per heavy atom. The molecular formula is C19H21N3O5S. The maximum absolute atomic E-state index is 12.6. The number of benzene rings is 1. The Morgan fingerprint density at radius 1 is 1.32 bits per heavy atom. The summed E-state index contributed by atoms with van der Waals surface area (Å²) < 4.78 is 10.1. The summed E-state index contributed by atoms with van der Waals surface area (Å²) in [5.74, 6) is -0.674. The molecule has 1 fully saturated rings. The summed E-state index contributed by atoms with van der Waals surface area (Å²) in [5, 5.41) is 3.03. The highest BCUT2D eigenvalue weighted by Crippen LogP contribution is 2.29. The predicted octanol–water partition coefficient (Wildman–Crippen LogP) is 2.63. The first kappa shape index (κ1) is 19.8. The lowest BCUT2D eigenvalue weighted by molar-refractivity contribution is -0.122. The number of carbonyl (C=O) groups excluding carboxylic acids is 3. The van der Waals surface area contributed by atoms with Crippen LogP contribution in [0.3, 0.4) is 0 Å². The van der Waals surface area contributed by atoms with Gasteiger partial charge in [0.25, 0.3) is 0 Å². The van der Waals surface area contributed by atoms with Crippen LogP contribution in [0, 0.1) is 12.8 Å². The lowest BCUT2D eigenvalue weighted by Gasteiger charge is -2.16. The Labute approximate surface area is 166 Å². The molecule has 1 aromatic heterocycles. The van der Waals surface area contributed by atoms with Gasteiger partial charge in [0.1, 0.15) is 10.6 Å². The van der Waals surface area contributed by atoms with Crippen molar-refractivity contribution in [3.63, 3.8) is 0 Å². The molecule has 0 saturated carbocycles. The number of carbonyl (C=O) groups is 3. The number of esters is 1. The fourth-order valence-electron chi connectivity index (χ4n) is 2.94. The third kappa shape index (κ3) is 4.14. The lowest BCUT2D eigenvalue weighted by Crippen LogP contribution is -2.28. The number of amides is 2. The van der Waals surface area contributed by atoms with Crippen LogP contribution in [0.25, 0.3) is 0 Å². The van der Waals surface area contributed by atoms with Crippen molar-refractivity contribution in [2.75, 3.05) is 30.5 Å². The van der Waals surface area contributed by atoms with E-state index in [0.717, 1.165) is 17.0 Å². The van der Waals surface area contributed by atoms with E-state index < -0.39 is 11.9 Å². The normalized spacial score (nSPS) is 16.2. The first-order valence-corrected chi connectivity index (χ1v) is 9.64. The lowest BCUT2D eigenvalue weighted by atomic mass is 10.1. The van der Waals surface area contributed by atoms with Crippen molar-refractivity contribution in [1.82, 2.24) is 4.98 Å². The van der Waals surface area contributed by atoms with Crippen LogP contribution < -0.4 is 15.0 Å². The third-order valence-corrected chi connectivity index (χ3v) is 5.42. The number of hydrogen-bond acceptors (Lipinski definition) is 7. The zero-order valence-corrected chi connectivity index (χ0v) is 16.7. The van der Waals surface area contributed by atoms with Crippen molar-refractivity contribution >= 4 is 39.9 Å². The molecule has 1 N–H and O–H groups in total. The summed E-state index contributed by atoms with van der Waals surface area (Å²) in [6.45, 7) is 3.96. The van der Waals surface area contributed by atoms with Gasteiger partial charge in [0.05, 0.1) is 25.3 Å². The van der Waals surface area contributed by atoms with Crippen molar-refractivity contribution in [1.29, 1.82) is 0 Å². The standard InChI is InChI=1S/C19H21N3O5S/c1-4-27-18(25)16-11(2)20-19(28-16)21-17(24)12-9-15(23)22(10-12)13-5-7-14(26-3)8-6-13/h5-8,12H,4,9-10H2,1-3H3,(H,20,21,24)/t12-/m0/s1. The third-order valence-electron chi connectivity index (χ3n) is 4.37. The van der Waals surface area contributed by atoms with E-state index in [1.165, 1.54) is 0 Å². The predicted molar refractivity (Wildman–Crippen MR) is 105 cm³/mol. The molecule has 2 aromatic rings. The van der Waals surface area contributed by atoms with Crippen molar-refractivity contribution in [3.8, 4) is 5.75 Å². The molecule has 0 spiro atoms. The van der Waals surface area contributed by atoms with Crippen LogP contribution in [-0.4, -0.2) is 43.0 Å². The highest BCUT2D eigenvalue weighted by molar-refractivity contribution is 7.17. The fraction of sp³-hybridized carbons (Fsp3) is 0.368. The van der Waals surface area contributed by atoms with E-state index in [0.29, 0.717) is 21.5 Å². The van der Waals surface area contributed by atoms with Gasteiger partial charge in [-0.3, -0.25) is 9.59 Å². The summed E-state index contributed by atoms with van der Waals surface area (Å²) >= 11 is 1.07. The summed E-state index contributed by atoms with van der Waals surface area (Å²) in [6, 6.07) is 7.11. The second kappa shape index (κ2) is 8.39. The van der Waals surface area contributed by atoms with Crippen molar-refractivity contribution in [2.45, 2.75) is 20.3 Å². The molecule has 28 heavy (non-hydrogen) atoms. The summed E-state index contributed by atoms with van der Waals surface area (Å²) in [7, 11) is 1.57. The van der Waals surface area contributed by atoms with Crippen LogP contribution in [0.5, 0.6) is 5.75 Å². The second-order valence-electron chi connectivity index (χ2n) is 6.25. The van der Waals surface area contributed by atoms with Gasteiger partial charge in [-0.05, 0) is 38.1 Å². The number of hydrogen-bond donors (Lipinski definition) is 1. The number of thiazole rings is 1. The van der Waals surface area contributed by atoms with Gasteiger partial charge in [0, 0.05) is 18.7 Å². The van der Waals surface area contributed by atoms with Crippen molar-refractivity contribution < 1.29 is 23.9 Å². The first-order chi connectivity index (χ1) is 13.4. The molecule has 9 heteroatoms. The number of aryl methyl sites for hydroxylation is 1. The van der Waals surface area contributed by atoms with Gasteiger partial charge in [-0.1, -0.05) is 11.3 Å². The number of anilines is 2. The molecule has 0 unspecified atom stereocenters. The van der Waals surface area contributed by atoms with E-state index in [2.05, 4.69) is 10.3 Å². The van der Waals surface area contributed by atoms with Crippen LogP contribution >= 0.6 is 11.3 Å². The van der Waals surface area contributed by atoms with E-state index in [1.54, 1.807) is 50.1 Å². The van der Waals surface area contributed by atoms with E-state index in [9.17, 15) is 14.4 Å². The molecule has 8 nitrogen and oxygen atoms in total. The van der Waals surface area contributed by atoms with E-state index in [1.807, 2.05) is 0 Å². The van der Waals surface area contributed by atoms with Gasteiger partial charge in [0.15, 0.2) is 5.13 Å². The number of nitrogens with one attached hydrogen (secondary N) is 1. The summed E-state index contributed by atoms with van der Waals surface area (Å²) in [4.78, 5) is 43.0. The Kier molecular flexibility index (Phi) is 5.93. The molecule has 148 valence electrons. The van der Waals surface area contributed by atoms with Gasteiger partial charge < -0.3 is 19.7 Å². The van der Waals surface area contributed by atoms with E-state index in [-0.39, 0.29) is 31.4 Å². The van der Waals surface area contributed by atoms with Crippen molar-refractivity contribution in [2.24, 2.45) is 5.92 Å². The molecule has 2 amide bonds. The topological polar surface area (TPSA) is 97.8 Å². The Balaban J connectivity index is 1.66. The summed E-state index contributed by atoms with van der Waals surface area (Å²) in [6.07, 6.45) is 0.118. The molecule has 0 bridgehead atoms. The summed E-state index contributed by atoms with van der Waals surface area (Å²) in [5.41, 5.74) is 1.22. The molecule has 2 heterocycles. The highest BCUT2D eigenvalue weighted by Gasteiger charge is 2.35. The largest absolute Gasteiger partial charge is 0.497 e. The monoisotopic (exact) mass is 403 g/mol. The second-order valence-corrected chi connectivity index (χ2v) is 7.25. The molecule has 1 aromatic carbocycles. The van der Waals surface area contributed by atoms with Gasteiger partial charge in [-0.2, -0.15) is 0 Å². The first-order valence-electron chi connectivity index (χ1n) is 8.82.